The minimum absolute atomic E-state index is 0.0766. The largest absolute Gasteiger partial charge is 0.478 e. The van der Waals surface area contributed by atoms with Gasteiger partial charge in [0, 0.05) is 26.9 Å². The topological polar surface area (TPSA) is 108 Å². The van der Waals surface area contributed by atoms with Crippen LogP contribution in [-0.2, 0) is 4.79 Å². The molecule has 3 aromatic carbocycles. The van der Waals surface area contributed by atoms with Gasteiger partial charge in [0.05, 0.1) is 21.4 Å². The summed E-state index contributed by atoms with van der Waals surface area (Å²) in [7, 11) is 0. The Kier molecular flexibility index (Phi) is 7.54. The molecule has 2 heterocycles. The zero-order chi connectivity index (χ0) is 26.6. The molecular weight excluding hydrogens is 539 g/mol. The molecule has 7 nitrogen and oxygen atoms in total. The lowest BCUT2D eigenvalue weighted by atomic mass is 9.98. The maximum Gasteiger partial charge on any atom is 0.336 e. The zero-order valence-corrected chi connectivity index (χ0v) is 22.5. The highest BCUT2D eigenvalue weighted by Crippen LogP contribution is 2.30. The fraction of sp³-hybridized carbons (Fsp3) is 0.0714. The molecular formula is C28H21N3O4S3. The van der Waals surface area contributed by atoms with Crippen molar-refractivity contribution < 1.29 is 19.5 Å². The number of thiophene rings is 1. The van der Waals surface area contributed by atoms with Crippen LogP contribution < -0.4 is 10.6 Å². The van der Waals surface area contributed by atoms with Crippen molar-refractivity contribution in [1.82, 2.24) is 4.98 Å². The third-order valence-electron chi connectivity index (χ3n) is 5.68. The molecule has 190 valence electrons. The number of benzene rings is 3. The van der Waals surface area contributed by atoms with Crippen molar-refractivity contribution in [2.24, 2.45) is 0 Å². The van der Waals surface area contributed by atoms with Crippen molar-refractivity contribution in [1.29, 1.82) is 0 Å². The number of amides is 2. The Morgan fingerprint density at radius 1 is 0.895 bits per heavy atom. The summed E-state index contributed by atoms with van der Waals surface area (Å²) in [4.78, 5) is 43.9. The van der Waals surface area contributed by atoms with E-state index < -0.39 is 11.9 Å². The van der Waals surface area contributed by atoms with Gasteiger partial charge in [0.15, 0.2) is 5.13 Å². The van der Waals surface area contributed by atoms with Crippen molar-refractivity contribution in [2.75, 3.05) is 10.6 Å². The van der Waals surface area contributed by atoms with Crippen LogP contribution in [0.3, 0.4) is 0 Å². The summed E-state index contributed by atoms with van der Waals surface area (Å²) in [6.07, 6.45) is 0. The number of thiazole rings is 1. The van der Waals surface area contributed by atoms with Crippen LogP contribution in [0.2, 0.25) is 0 Å². The van der Waals surface area contributed by atoms with Crippen molar-refractivity contribution >= 4 is 73.8 Å². The number of thioether (sulfide) groups is 1. The first-order valence-corrected chi connectivity index (χ1v) is 14.2. The summed E-state index contributed by atoms with van der Waals surface area (Å²) in [5, 5.41) is 20.5. The SMILES string of the molecule is CC(Sc1ccc(NC(=O)c2cccc3cccc(C(=O)O)c23)cc1)C(=O)Nc1nc(-c2cccs2)cs1. The predicted octanol–water partition coefficient (Wildman–Crippen LogP) is 7.09. The highest BCUT2D eigenvalue weighted by molar-refractivity contribution is 8.00. The Morgan fingerprint density at radius 3 is 2.32 bits per heavy atom. The number of aromatic carboxylic acids is 1. The number of aromatic nitrogens is 1. The number of nitrogens with one attached hydrogen (secondary N) is 2. The van der Waals surface area contributed by atoms with E-state index in [4.69, 9.17) is 0 Å². The van der Waals surface area contributed by atoms with Crippen molar-refractivity contribution in [3.63, 3.8) is 0 Å². The van der Waals surface area contributed by atoms with E-state index in [9.17, 15) is 19.5 Å². The molecule has 0 radical (unpaired) electrons. The average molecular weight is 560 g/mol. The van der Waals surface area contributed by atoms with Gasteiger partial charge in [-0.25, -0.2) is 9.78 Å². The van der Waals surface area contributed by atoms with E-state index in [0.717, 1.165) is 15.5 Å². The van der Waals surface area contributed by atoms with Crippen molar-refractivity contribution in [3.8, 4) is 10.6 Å². The highest BCUT2D eigenvalue weighted by atomic mass is 32.2. The predicted molar refractivity (Wildman–Crippen MR) is 155 cm³/mol. The van der Waals surface area contributed by atoms with E-state index in [2.05, 4.69) is 15.6 Å². The lowest BCUT2D eigenvalue weighted by molar-refractivity contribution is -0.115. The number of carbonyl (C=O) groups is 3. The normalized spacial score (nSPS) is 11.7. The van der Waals surface area contributed by atoms with Crippen LogP contribution in [0, 0.1) is 0 Å². The molecule has 1 unspecified atom stereocenters. The van der Waals surface area contributed by atoms with Gasteiger partial charge in [0.1, 0.15) is 0 Å². The van der Waals surface area contributed by atoms with Crippen LogP contribution >= 0.6 is 34.4 Å². The smallest absolute Gasteiger partial charge is 0.336 e. The lowest BCUT2D eigenvalue weighted by Gasteiger charge is -2.12. The molecule has 0 spiro atoms. The van der Waals surface area contributed by atoms with Crippen LogP contribution in [0.4, 0.5) is 10.8 Å². The molecule has 0 bridgehead atoms. The number of carboxylic acids is 1. The van der Waals surface area contributed by atoms with Crippen LogP contribution in [-0.4, -0.2) is 33.1 Å². The number of carboxylic acid groups (broad SMARTS) is 1. The summed E-state index contributed by atoms with van der Waals surface area (Å²) >= 11 is 4.38. The molecule has 3 N–H and O–H groups in total. The maximum atomic E-state index is 13.0. The Bertz CT molecular complexity index is 1620. The van der Waals surface area contributed by atoms with E-state index in [1.54, 1.807) is 53.8 Å². The van der Waals surface area contributed by atoms with Gasteiger partial charge in [-0.2, -0.15) is 0 Å². The number of hydrogen-bond acceptors (Lipinski definition) is 7. The first-order valence-electron chi connectivity index (χ1n) is 11.5. The Morgan fingerprint density at radius 2 is 1.63 bits per heavy atom. The molecule has 10 heteroatoms. The standard InChI is InChI=1S/C28H21N3O4S3/c1-16(25(32)31-28-30-22(15-37-28)23-9-4-14-36-23)38-19-12-10-18(11-13-19)29-26(33)20-7-2-5-17-6-3-8-21(24(17)20)27(34)35/h2-16H,1H3,(H,29,33)(H,34,35)(H,30,31,32). The minimum atomic E-state index is -1.09. The summed E-state index contributed by atoms with van der Waals surface area (Å²) in [5.74, 6) is -1.64. The van der Waals surface area contributed by atoms with Crippen LogP contribution in [0.5, 0.6) is 0 Å². The van der Waals surface area contributed by atoms with Gasteiger partial charge in [-0.1, -0.05) is 30.3 Å². The summed E-state index contributed by atoms with van der Waals surface area (Å²) < 4.78 is 0. The van der Waals surface area contributed by atoms with Gasteiger partial charge in [0.2, 0.25) is 5.91 Å². The third-order valence-corrected chi connectivity index (χ3v) is 8.44. The zero-order valence-electron chi connectivity index (χ0n) is 20.0. The molecule has 0 aliphatic heterocycles. The fourth-order valence-electron chi connectivity index (χ4n) is 3.86. The Hall–Kier alpha value is -3.99. The molecule has 0 saturated heterocycles. The summed E-state index contributed by atoms with van der Waals surface area (Å²) in [5.41, 5.74) is 1.77. The minimum Gasteiger partial charge on any atom is -0.478 e. The Labute approximate surface area is 230 Å². The quantitative estimate of drug-likeness (QED) is 0.175. The van der Waals surface area contributed by atoms with Gasteiger partial charge in [-0.3, -0.25) is 9.59 Å². The molecule has 2 amide bonds. The molecule has 2 aromatic heterocycles. The van der Waals surface area contributed by atoms with E-state index in [1.165, 1.54) is 29.2 Å². The number of nitrogens with zero attached hydrogens (tertiary/aromatic N) is 1. The number of hydrogen-bond donors (Lipinski definition) is 3. The number of anilines is 2. The molecule has 5 aromatic rings. The Balaban J connectivity index is 1.22. The van der Waals surface area contributed by atoms with Crippen LogP contribution in [0.25, 0.3) is 21.3 Å². The molecule has 5 rings (SSSR count). The summed E-state index contributed by atoms with van der Waals surface area (Å²) in [6, 6.07) is 21.2. The molecule has 38 heavy (non-hydrogen) atoms. The van der Waals surface area contributed by atoms with E-state index in [1.807, 2.05) is 41.9 Å². The van der Waals surface area contributed by atoms with Crippen molar-refractivity contribution in [2.45, 2.75) is 17.1 Å². The lowest BCUT2D eigenvalue weighted by Crippen LogP contribution is -2.22. The molecule has 0 saturated carbocycles. The first kappa shape index (κ1) is 25.7. The molecule has 0 aliphatic carbocycles. The van der Waals surface area contributed by atoms with Gasteiger partial charge in [-0.05, 0) is 60.2 Å². The van der Waals surface area contributed by atoms with Crippen LogP contribution in [0.15, 0.2) is 88.5 Å². The average Bonchev–Trinajstić information content (AvgIpc) is 3.61. The van der Waals surface area contributed by atoms with Gasteiger partial charge >= 0.3 is 5.97 Å². The second kappa shape index (κ2) is 11.2. The first-order chi connectivity index (χ1) is 18.4. The number of carbonyl (C=O) groups excluding carboxylic acids is 2. The summed E-state index contributed by atoms with van der Waals surface area (Å²) in [6.45, 7) is 1.82. The van der Waals surface area contributed by atoms with E-state index in [-0.39, 0.29) is 22.3 Å². The maximum absolute atomic E-state index is 13.0. The third kappa shape index (κ3) is 5.62. The van der Waals surface area contributed by atoms with Gasteiger partial charge < -0.3 is 15.7 Å². The van der Waals surface area contributed by atoms with E-state index >= 15 is 0 Å². The second-order valence-corrected chi connectivity index (χ2v) is 11.5. The van der Waals surface area contributed by atoms with Crippen molar-refractivity contribution in [3.05, 3.63) is 94.7 Å². The molecule has 1 atom stereocenters. The highest BCUT2D eigenvalue weighted by Gasteiger charge is 2.18. The molecule has 0 aliphatic rings. The number of fused-ring (bicyclic) bond motifs is 1. The van der Waals surface area contributed by atoms with Gasteiger partial charge in [0.25, 0.3) is 5.91 Å². The van der Waals surface area contributed by atoms with E-state index in [0.29, 0.717) is 21.6 Å². The number of rotatable bonds is 8. The monoisotopic (exact) mass is 559 g/mol. The second-order valence-electron chi connectivity index (χ2n) is 8.26. The molecule has 0 fully saturated rings. The fourth-order valence-corrected chi connectivity index (χ4v) is 6.20. The van der Waals surface area contributed by atoms with Crippen LogP contribution in [0.1, 0.15) is 27.6 Å². The van der Waals surface area contributed by atoms with Gasteiger partial charge in [-0.15, -0.1) is 34.4 Å².